The standard InChI is InChI=1S/C18H22ClN3OS/c1-13(23)21-18-20-11-17(24-18)12-22-8-6-15(7-9-22)10-14-2-4-16(19)5-3-14/h2-5,11,15H,6-10,12H2,1H3,(H,20,21,23). The average Bonchev–Trinajstić information content (AvgIpc) is 2.98. The largest absolute Gasteiger partial charge is 0.302 e. The van der Waals surface area contributed by atoms with Gasteiger partial charge in [0.25, 0.3) is 0 Å². The Kier molecular flexibility index (Phi) is 5.87. The maximum absolute atomic E-state index is 11.1. The van der Waals surface area contributed by atoms with Crippen LogP contribution in [0, 0.1) is 5.92 Å². The van der Waals surface area contributed by atoms with Crippen molar-refractivity contribution < 1.29 is 4.79 Å². The minimum Gasteiger partial charge on any atom is -0.302 e. The number of carbonyl (C=O) groups excluding carboxylic acids is 1. The number of nitrogens with one attached hydrogen (secondary N) is 1. The van der Waals surface area contributed by atoms with Crippen molar-refractivity contribution in [1.82, 2.24) is 9.88 Å². The lowest BCUT2D eigenvalue weighted by Gasteiger charge is -2.31. The molecule has 128 valence electrons. The van der Waals surface area contributed by atoms with Gasteiger partial charge in [-0.3, -0.25) is 9.69 Å². The predicted octanol–water partition coefficient (Wildman–Crippen LogP) is 4.21. The number of rotatable bonds is 5. The number of hydrogen-bond donors (Lipinski definition) is 1. The average molecular weight is 364 g/mol. The van der Waals surface area contributed by atoms with Gasteiger partial charge in [0.1, 0.15) is 0 Å². The molecule has 1 aromatic carbocycles. The minimum absolute atomic E-state index is 0.0705. The number of likely N-dealkylation sites (tertiary alicyclic amines) is 1. The lowest BCUT2D eigenvalue weighted by Crippen LogP contribution is -2.33. The van der Waals surface area contributed by atoms with Crippen LogP contribution in [0.2, 0.25) is 5.02 Å². The molecular formula is C18H22ClN3OS. The Morgan fingerprint density at radius 1 is 1.33 bits per heavy atom. The van der Waals surface area contributed by atoms with Crippen molar-refractivity contribution >= 4 is 34.0 Å². The van der Waals surface area contributed by atoms with Gasteiger partial charge in [0.05, 0.1) is 0 Å². The number of nitrogens with zero attached hydrogens (tertiary/aromatic N) is 2. The molecule has 1 aliphatic rings. The summed E-state index contributed by atoms with van der Waals surface area (Å²) in [6.45, 7) is 4.66. The highest BCUT2D eigenvalue weighted by Gasteiger charge is 2.20. The molecular weight excluding hydrogens is 342 g/mol. The number of halogens is 1. The van der Waals surface area contributed by atoms with E-state index in [1.807, 2.05) is 18.3 Å². The molecule has 1 amide bonds. The molecule has 2 aromatic rings. The molecule has 3 rings (SSSR count). The van der Waals surface area contributed by atoms with Gasteiger partial charge in [0, 0.05) is 29.6 Å². The van der Waals surface area contributed by atoms with Crippen molar-refractivity contribution in [3.63, 3.8) is 0 Å². The molecule has 0 bridgehead atoms. The second-order valence-electron chi connectivity index (χ2n) is 6.36. The molecule has 0 saturated carbocycles. The number of amides is 1. The van der Waals surface area contributed by atoms with E-state index >= 15 is 0 Å². The van der Waals surface area contributed by atoms with Gasteiger partial charge in [0.15, 0.2) is 5.13 Å². The van der Waals surface area contributed by atoms with E-state index < -0.39 is 0 Å². The normalized spacial score (nSPS) is 16.2. The molecule has 1 aromatic heterocycles. The fourth-order valence-electron chi connectivity index (χ4n) is 3.11. The third-order valence-corrected chi connectivity index (χ3v) is 5.51. The summed E-state index contributed by atoms with van der Waals surface area (Å²) in [5, 5.41) is 4.23. The Morgan fingerprint density at radius 3 is 2.71 bits per heavy atom. The summed E-state index contributed by atoms with van der Waals surface area (Å²) in [4.78, 5) is 19.0. The molecule has 0 unspecified atom stereocenters. The lowest BCUT2D eigenvalue weighted by molar-refractivity contribution is -0.114. The van der Waals surface area contributed by atoms with Crippen LogP contribution in [0.3, 0.4) is 0 Å². The molecule has 1 saturated heterocycles. The number of piperidine rings is 1. The molecule has 1 aliphatic heterocycles. The zero-order valence-corrected chi connectivity index (χ0v) is 15.4. The summed E-state index contributed by atoms with van der Waals surface area (Å²) in [6, 6.07) is 8.22. The van der Waals surface area contributed by atoms with Gasteiger partial charge >= 0.3 is 0 Å². The van der Waals surface area contributed by atoms with Gasteiger partial charge in [-0.1, -0.05) is 23.7 Å². The van der Waals surface area contributed by atoms with E-state index in [1.54, 1.807) is 11.3 Å². The Labute approximate surface area is 151 Å². The van der Waals surface area contributed by atoms with E-state index in [0.717, 1.165) is 37.0 Å². The third-order valence-electron chi connectivity index (χ3n) is 4.36. The smallest absolute Gasteiger partial charge is 0.223 e. The molecule has 1 N–H and O–H groups in total. The predicted molar refractivity (Wildman–Crippen MR) is 99.6 cm³/mol. The van der Waals surface area contributed by atoms with Crippen LogP contribution in [0.25, 0.3) is 0 Å². The Hall–Kier alpha value is -1.43. The maximum atomic E-state index is 11.1. The summed E-state index contributed by atoms with van der Waals surface area (Å²) in [7, 11) is 0. The van der Waals surface area contributed by atoms with E-state index in [9.17, 15) is 4.79 Å². The van der Waals surface area contributed by atoms with Gasteiger partial charge in [-0.2, -0.15) is 0 Å². The van der Waals surface area contributed by atoms with E-state index in [0.29, 0.717) is 5.13 Å². The highest BCUT2D eigenvalue weighted by Crippen LogP contribution is 2.25. The van der Waals surface area contributed by atoms with Crippen LogP contribution in [0.5, 0.6) is 0 Å². The van der Waals surface area contributed by atoms with E-state index in [2.05, 4.69) is 27.3 Å². The second-order valence-corrected chi connectivity index (χ2v) is 7.91. The van der Waals surface area contributed by atoms with Gasteiger partial charge in [-0.15, -0.1) is 11.3 Å². The maximum Gasteiger partial charge on any atom is 0.223 e. The monoisotopic (exact) mass is 363 g/mol. The zero-order valence-electron chi connectivity index (χ0n) is 13.8. The summed E-state index contributed by atoms with van der Waals surface area (Å²) >= 11 is 7.51. The minimum atomic E-state index is -0.0705. The highest BCUT2D eigenvalue weighted by molar-refractivity contribution is 7.15. The number of thiazole rings is 1. The summed E-state index contributed by atoms with van der Waals surface area (Å²) < 4.78 is 0. The Morgan fingerprint density at radius 2 is 2.04 bits per heavy atom. The van der Waals surface area contributed by atoms with Crippen LogP contribution in [0.1, 0.15) is 30.2 Å². The van der Waals surface area contributed by atoms with Crippen molar-refractivity contribution in [3.8, 4) is 0 Å². The number of carbonyl (C=O) groups is 1. The van der Waals surface area contributed by atoms with Crippen molar-refractivity contribution in [1.29, 1.82) is 0 Å². The van der Waals surface area contributed by atoms with Gasteiger partial charge in [0.2, 0.25) is 5.91 Å². The summed E-state index contributed by atoms with van der Waals surface area (Å²) in [5.41, 5.74) is 1.38. The van der Waals surface area contributed by atoms with E-state index in [4.69, 9.17) is 11.6 Å². The number of hydrogen-bond acceptors (Lipinski definition) is 4. The topological polar surface area (TPSA) is 45.2 Å². The molecule has 0 spiro atoms. The summed E-state index contributed by atoms with van der Waals surface area (Å²) in [6.07, 6.45) is 5.45. The molecule has 6 heteroatoms. The van der Waals surface area contributed by atoms with Crippen molar-refractivity contribution in [2.75, 3.05) is 18.4 Å². The first-order chi connectivity index (χ1) is 11.6. The van der Waals surface area contributed by atoms with Gasteiger partial charge in [-0.05, 0) is 56.0 Å². The Bertz CT molecular complexity index is 678. The van der Waals surface area contributed by atoms with Crippen LogP contribution in [0.4, 0.5) is 5.13 Å². The molecule has 0 aliphatic carbocycles. The van der Waals surface area contributed by atoms with E-state index in [1.165, 1.54) is 30.2 Å². The first-order valence-corrected chi connectivity index (χ1v) is 9.47. The SMILES string of the molecule is CC(=O)Nc1ncc(CN2CCC(Cc3ccc(Cl)cc3)CC2)s1. The van der Waals surface area contributed by atoms with Crippen molar-refractivity contribution in [2.24, 2.45) is 5.92 Å². The van der Waals surface area contributed by atoms with Crippen LogP contribution in [0.15, 0.2) is 30.5 Å². The van der Waals surface area contributed by atoms with Crippen LogP contribution >= 0.6 is 22.9 Å². The quantitative estimate of drug-likeness (QED) is 0.865. The first-order valence-electron chi connectivity index (χ1n) is 8.27. The van der Waals surface area contributed by atoms with Crippen molar-refractivity contribution in [3.05, 3.63) is 45.9 Å². The van der Waals surface area contributed by atoms with Gasteiger partial charge < -0.3 is 5.32 Å². The highest BCUT2D eigenvalue weighted by atomic mass is 35.5. The fraction of sp³-hybridized carbons (Fsp3) is 0.444. The zero-order chi connectivity index (χ0) is 16.9. The molecule has 4 nitrogen and oxygen atoms in total. The Balaban J connectivity index is 1.45. The number of anilines is 1. The third kappa shape index (κ3) is 5.03. The van der Waals surface area contributed by atoms with E-state index in [-0.39, 0.29) is 5.91 Å². The molecule has 0 atom stereocenters. The second kappa shape index (κ2) is 8.10. The summed E-state index contributed by atoms with van der Waals surface area (Å²) in [5.74, 6) is 0.678. The lowest BCUT2D eigenvalue weighted by atomic mass is 9.90. The van der Waals surface area contributed by atoms with Crippen LogP contribution < -0.4 is 5.32 Å². The number of benzene rings is 1. The molecule has 0 radical (unpaired) electrons. The van der Waals surface area contributed by atoms with Crippen LogP contribution in [-0.2, 0) is 17.8 Å². The first kappa shape index (κ1) is 17.4. The fourth-order valence-corrected chi connectivity index (χ4v) is 4.14. The van der Waals surface area contributed by atoms with Crippen molar-refractivity contribution in [2.45, 2.75) is 32.7 Å². The van der Waals surface area contributed by atoms with Gasteiger partial charge in [-0.25, -0.2) is 4.98 Å². The molecule has 1 fully saturated rings. The molecule has 2 heterocycles. The number of aromatic nitrogens is 1. The molecule has 24 heavy (non-hydrogen) atoms. The van der Waals surface area contributed by atoms with Crippen LogP contribution in [-0.4, -0.2) is 28.9 Å².